The summed E-state index contributed by atoms with van der Waals surface area (Å²) in [6.07, 6.45) is 0.748. The number of anilines is 1. The predicted octanol–water partition coefficient (Wildman–Crippen LogP) is 2.32. The number of nitrogens with one attached hydrogen (secondary N) is 1. The van der Waals surface area contributed by atoms with Crippen molar-refractivity contribution < 1.29 is 38.2 Å². The van der Waals surface area contributed by atoms with Crippen LogP contribution in [-0.2, 0) is 9.53 Å². The second-order valence-electron chi connectivity index (χ2n) is 6.61. The zero-order valence-electron chi connectivity index (χ0n) is 16.3. The van der Waals surface area contributed by atoms with Crippen LogP contribution in [0.25, 0.3) is 0 Å². The number of rotatable bonds is 5. The van der Waals surface area contributed by atoms with E-state index in [0.29, 0.717) is 30.4 Å². The third-order valence-electron chi connectivity index (χ3n) is 4.44. The van der Waals surface area contributed by atoms with E-state index < -0.39 is 29.1 Å². The van der Waals surface area contributed by atoms with Crippen LogP contribution in [0.1, 0.15) is 16.8 Å². The number of amides is 1. The molecule has 0 aromatic heterocycles. The van der Waals surface area contributed by atoms with Crippen LogP contribution in [0.4, 0.5) is 11.4 Å². The Morgan fingerprint density at radius 2 is 1.58 bits per heavy atom. The number of hydrogen-bond acceptors (Lipinski definition) is 9. The number of esters is 1. The summed E-state index contributed by atoms with van der Waals surface area (Å²) in [6, 6.07) is 7.17. The van der Waals surface area contributed by atoms with Crippen LogP contribution in [0.2, 0.25) is 0 Å². The van der Waals surface area contributed by atoms with Crippen molar-refractivity contribution in [1.82, 2.24) is 0 Å². The van der Waals surface area contributed by atoms with Crippen molar-refractivity contribution in [1.29, 1.82) is 0 Å². The van der Waals surface area contributed by atoms with E-state index in [1.165, 1.54) is 6.07 Å². The summed E-state index contributed by atoms with van der Waals surface area (Å²) in [5, 5.41) is 13.9. The molecule has 11 nitrogen and oxygen atoms in total. The average molecular weight is 430 g/mol. The second-order valence-corrected chi connectivity index (χ2v) is 6.61. The third-order valence-corrected chi connectivity index (χ3v) is 4.44. The van der Waals surface area contributed by atoms with E-state index in [0.717, 1.165) is 12.5 Å². The highest BCUT2D eigenvalue weighted by Crippen LogP contribution is 2.37. The highest BCUT2D eigenvalue weighted by atomic mass is 16.6. The van der Waals surface area contributed by atoms with Gasteiger partial charge in [-0.3, -0.25) is 14.9 Å². The number of ether oxygens (including phenoxy) is 5. The van der Waals surface area contributed by atoms with Gasteiger partial charge in [-0.05, 0) is 12.1 Å². The van der Waals surface area contributed by atoms with Gasteiger partial charge in [-0.2, -0.15) is 0 Å². The molecule has 0 saturated carbocycles. The number of carbonyl (C=O) groups is 2. The largest absolute Gasteiger partial charge is 0.490 e. The monoisotopic (exact) mass is 430 g/mol. The van der Waals surface area contributed by atoms with Crippen molar-refractivity contribution in [2.45, 2.75) is 6.42 Å². The minimum absolute atomic E-state index is 0.168. The van der Waals surface area contributed by atoms with Crippen molar-refractivity contribution in [3.8, 4) is 23.0 Å². The van der Waals surface area contributed by atoms with Crippen LogP contribution in [0.5, 0.6) is 23.0 Å². The van der Waals surface area contributed by atoms with Crippen molar-refractivity contribution >= 4 is 23.3 Å². The van der Waals surface area contributed by atoms with E-state index >= 15 is 0 Å². The minimum Gasteiger partial charge on any atom is -0.490 e. The van der Waals surface area contributed by atoms with E-state index in [2.05, 4.69) is 5.32 Å². The lowest BCUT2D eigenvalue weighted by Gasteiger charge is -2.18. The van der Waals surface area contributed by atoms with Gasteiger partial charge in [-0.25, -0.2) is 4.79 Å². The van der Waals surface area contributed by atoms with Gasteiger partial charge in [0.05, 0.1) is 24.2 Å². The Labute approximate surface area is 175 Å². The molecule has 2 heterocycles. The van der Waals surface area contributed by atoms with Gasteiger partial charge in [0.15, 0.2) is 29.6 Å². The number of hydrogen-bond donors (Lipinski definition) is 1. The quantitative estimate of drug-likeness (QED) is 0.430. The number of carbonyl (C=O) groups excluding carboxylic acids is 2. The molecule has 0 fully saturated rings. The summed E-state index contributed by atoms with van der Waals surface area (Å²) in [4.78, 5) is 35.2. The molecule has 2 aromatic rings. The summed E-state index contributed by atoms with van der Waals surface area (Å²) in [5.41, 5.74) is -0.411. The Morgan fingerprint density at radius 3 is 2.32 bits per heavy atom. The molecule has 0 aliphatic carbocycles. The van der Waals surface area contributed by atoms with E-state index in [1.807, 2.05) is 0 Å². The molecule has 11 heteroatoms. The summed E-state index contributed by atoms with van der Waals surface area (Å²) < 4.78 is 26.7. The molecular formula is C20H18N2O9. The zero-order chi connectivity index (χ0) is 21.8. The first-order valence-electron chi connectivity index (χ1n) is 9.46. The van der Waals surface area contributed by atoms with Gasteiger partial charge in [0.2, 0.25) is 0 Å². The SMILES string of the molecule is O=C(COC(=O)c1cc2c(cc1[N+](=O)[O-])OCCO2)Nc1ccc2c(c1)OCCCO2. The van der Waals surface area contributed by atoms with Crippen molar-refractivity contribution in [2.24, 2.45) is 0 Å². The standard InChI is InChI=1S/C20H18N2O9/c23-19(21-12-2-3-15-16(8-12)28-5-1-4-27-15)11-31-20(24)13-9-17-18(30-7-6-29-17)10-14(13)22(25)26/h2-3,8-10H,1,4-7,11H2,(H,21,23). The number of fused-ring (bicyclic) bond motifs is 2. The number of nitrogens with zero attached hydrogens (tertiary/aromatic N) is 1. The molecule has 0 atom stereocenters. The normalized spacial score (nSPS) is 14.2. The van der Waals surface area contributed by atoms with Crippen LogP contribution in [0, 0.1) is 10.1 Å². The van der Waals surface area contributed by atoms with E-state index in [-0.39, 0.29) is 30.3 Å². The lowest BCUT2D eigenvalue weighted by Crippen LogP contribution is -2.22. The first-order chi connectivity index (χ1) is 15.0. The molecule has 1 amide bonds. The fourth-order valence-corrected chi connectivity index (χ4v) is 3.04. The summed E-state index contributed by atoms with van der Waals surface area (Å²) in [5.74, 6) is -0.213. The highest BCUT2D eigenvalue weighted by molar-refractivity contribution is 5.98. The van der Waals surface area contributed by atoms with Crippen LogP contribution >= 0.6 is 0 Å². The van der Waals surface area contributed by atoms with Crippen LogP contribution in [0.15, 0.2) is 30.3 Å². The van der Waals surface area contributed by atoms with E-state index in [1.54, 1.807) is 18.2 Å². The van der Waals surface area contributed by atoms with Crippen molar-refractivity contribution in [2.75, 3.05) is 38.4 Å². The number of nitro groups is 1. The molecule has 2 aromatic carbocycles. The Balaban J connectivity index is 1.41. The molecule has 0 radical (unpaired) electrons. The van der Waals surface area contributed by atoms with Gasteiger partial charge in [-0.15, -0.1) is 0 Å². The highest BCUT2D eigenvalue weighted by Gasteiger charge is 2.27. The van der Waals surface area contributed by atoms with E-state index in [4.69, 9.17) is 23.7 Å². The molecule has 1 N–H and O–H groups in total. The fourth-order valence-electron chi connectivity index (χ4n) is 3.04. The maximum absolute atomic E-state index is 12.4. The topological polar surface area (TPSA) is 135 Å². The summed E-state index contributed by atoms with van der Waals surface area (Å²) in [6.45, 7) is 0.890. The van der Waals surface area contributed by atoms with Gasteiger partial charge >= 0.3 is 5.97 Å². The molecule has 4 rings (SSSR count). The van der Waals surface area contributed by atoms with Crippen LogP contribution < -0.4 is 24.3 Å². The Hall–Kier alpha value is -4.02. The van der Waals surface area contributed by atoms with Crippen LogP contribution in [-0.4, -0.2) is 49.8 Å². The van der Waals surface area contributed by atoms with E-state index in [9.17, 15) is 19.7 Å². The van der Waals surface area contributed by atoms with Gasteiger partial charge in [-0.1, -0.05) is 0 Å². The van der Waals surface area contributed by atoms with Gasteiger partial charge in [0.25, 0.3) is 11.6 Å². The molecular weight excluding hydrogens is 412 g/mol. The maximum Gasteiger partial charge on any atom is 0.345 e. The molecule has 0 bridgehead atoms. The Bertz CT molecular complexity index is 1040. The van der Waals surface area contributed by atoms with Crippen LogP contribution in [0.3, 0.4) is 0 Å². The van der Waals surface area contributed by atoms with Crippen molar-refractivity contribution in [3.05, 3.63) is 46.0 Å². The predicted molar refractivity (Wildman–Crippen MR) is 105 cm³/mol. The lowest BCUT2D eigenvalue weighted by molar-refractivity contribution is -0.385. The molecule has 2 aliphatic rings. The number of benzene rings is 2. The minimum atomic E-state index is -1.03. The van der Waals surface area contributed by atoms with Gasteiger partial charge in [0, 0.05) is 24.2 Å². The molecule has 31 heavy (non-hydrogen) atoms. The maximum atomic E-state index is 12.4. The van der Waals surface area contributed by atoms with Gasteiger partial charge in [0.1, 0.15) is 18.8 Å². The third kappa shape index (κ3) is 4.60. The first kappa shape index (κ1) is 20.3. The van der Waals surface area contributed by atoms with Gasteiger partial charge < -0.3 is 29.0 Å². The average Bonchev–Trinajstić information content (AvgIpc) is 3.01. The Kier molecular flexibility index (Phi) is 5.74. The Morgan fingerprint density at radius 1 is 0.935 bits per heavy atom. The molecule has 0 spiro atoms. The fraction of sp³-hybridized carbons (Fsp3) is 0.300. The molecule has 162 valence electrons. The molecule has 0 unspecified atom stereocenters. The lowest BCUT2D eigenvalue weighted by atomic mass is 10.1. The molecule has 0 saturated heterocycles. The molecule has 2 aliphatic heterocycles. The summed E-state index contributed by atoms with van der Waals surface area (Å²) >= 11 is 0. The summed E-state index contributed by atoms with van der Waals surface area (Å²) in [7, 11) is 0. The van der Waals surface area contributed by atoms with Crippen molar-refractivity contribution in [3.63, 3.8) is 0 Å². The first-order valence-corrected chi connectivity index (χ1v) is 9.46. The number of nitro benzene ring substituents is 1. The zero-order valence-corrected chi connectivity index (χ0v) is 16.3. The second kappa shape index (κ2) is 8.78. The smallest absolute Gasteiger partial charge is 0.345 e.